The summed E-state index contributed by atoms with van der Waals surface area (Å²) in [6.07, 6.45) is 0.571. The van der Waals surface area contributed by atoms with Crippen molar-refractivity contribution < 1.29 is 19.0 Å². The largest absolute Gasteiger partial charge is 0.479 e. The summed E-state index contributed by atoms with van der Waals surface area (Å²) in [6, 6.07) is 3.68. The van der Waals surface area contributed by atoms with Gasteiger partial charge in [0.15, 0.2) is 6.10 Å². The Labute approximate surface area is 122 Å². The van der Waals surface area contributed by atoms with Crippen LogP contribution >= 0.6 is 11.6 Å². The summed E-state index contributed by atoms with van der Waals surface area (Å²) in [4.78, 5) is 11.9. The van der Waals surface area contributed by atoms with Crippen molar-refractivity contribution in [1.29, 1.82) is 0 Å². The second kappa shape index (κ2) is 8.07. The fourth-order valence-electron chi connectivity index (χ4n) is 1.64. The van der Waals surface area contributed by atoms with Crippen LogP contribution in [-0.2, 0) is 4.79 Å². The van der Waals surface area contributed by atoms with Crippen molar-refractivity contribution in [3.05, 3.63) is 29.0 Å². The first-order valence-corrected chi connectivity index (χ1v) is 6.84. The predicted molar refractivity (Wildman–Crippen MR) is 75.4 cm³/mol. The number of halogens is 2. The van der Waals surface area contributed by atoms with Crippen LogP contribution in [-0.4, -0.2) is 29.8 Å². The summed E-state index contributed by atoms with van der Waals surface area (Å²) in [5.41, 5.74) is 0. The van der Waals surface area contributed by atoms with Crippen molar-refractivity contribution in [2.24, 2.45) is 0 Å². The molecule has 4 nitrogen and oxygen atoms in total. The molecule has 1 rings (SSSR count). The Morgan fingerprint density at radius 1 is 1.50 bits per heavy atom. The number of aliphatic hydroxyl groups excluding tert-OH is 1. The number of benzene rings is 1. The molecule has 112 valence electrons. The third-order valence-electron chi connectivity index (χ3n) is 2.75. The third kappa shape index (κ3) is 5.35. The molecule has 0 heterocycles. The number of nitrogens with one attached hydrogen (secondary N) is 1. The van der Waals surface area contributed by atoms with Crippen LogP contribution in [0.2, 0.25) is 5.02 Å². The van der Waals surface area contributed by atoms with Crippen molar-refractivity contribution in [2.45, 2.75) is 38.8 Å². The van der Waals surface area contributed by atoms with E-state index in [4.69, 9.17) is 21.4 Å². The van der Waals surface area contributed by atoms with Crippen LogP contribution in [0.25, 0.3) is 0 Å². The van der Waals surface area contributed by atoms with E-state index in [1.54, 1.807) is 6.92 Å². The molecule has 2 atom stereocenters. The molecule has 20 heavy (non-hydrogen) atoms. The molecular weight excluding hydrogens is 285 g/mol. The van der Waals surface area contributed by atoms with Gasteiger partial charge in [0, 0.05) is 12.6 Å². The molecular formula is C14H19ClFNO3. The van der Waals surface area contributed by atoms with Gasteiger partial charge in [-0.25, -0.2) is 4.39 Å². The zero-order valence-electron chi connectivity index (χ0n) is 11.5. The summed E-state index contributed by atoms with van der Waals surface area (Å²) in [5, 5.41) is 11.6. The summed E-state index contributed by atoms with van der Waals surface area (Å²) in [6.45, 7) is 3.54. The van der Waals surface area contributed by atoms with Crippen LogP contribution in [0.3, 0.4) is 0 Å². The average molecular weight is 304 g/mol. The summed E-state index contributed by atoms with van der Waals surface area (Å²) >= 11 is 5.83. The van der Waals surface area contributed by atoms with Crippen molar-refractivity contribution in [3.63, 3.8) is 0 Å². The number of amides is 1. The fourth-order valence-corrected chi connectivity index (χ4v) is 1.86. The molecule has 0 fully saturated rings. The van der Waals surface area contributed by atoms with Gasteiger partial charge in [0.25, 0.3) is 5.91 Å². The highest BCUT2D eigenvalue weighted by molar-refractivity contribution is 6.32. The predicted octanol–water partition coefficient (Wildman–Crippen LogP) is 2.52. The lowest BCUT2D eigenvalue weighted by molar-refractivity contribution is -0.127. The van der Waals surface area contributed by atoms with Gasteiger partial charge in [0.1, 0.15) is 11.6 Å². The number of hydrogen-bond acceptors (Lipinski definition) is 3. The lowest BCUT2D eigenvalue weighted by Gasteiger charge is -2.19. The van der Waals surface area contributed by atoms with Crippen molar-refractivity contribution >= 4 is 17.5 Å². The molecule has 0 spiro atoms. The lowest BCUT2D eigenvalue weighted by Crippen LogP contribution is -2.41. The first kappa shape index (κ1) is 16.7. The normalized spacial score (nSPS) is 13.7. The average Bonchev–Trinajstić information content (AvgIpc) is 2.39. The van der Waals surface area contributed by atoms with Crippen molar-refractivity contribution in [2.75, 3.05) is 6.61 Å². The molecule has 0 radical (unpaired) electrons. The molecule has 0 aromatic heterocycles. The number of carbonyl (C=O) groups excluding carboxylic acids is 1. The molecule has 0 aliphatic rings. The molecule has 1 amide bonds. The van der Waals surface area contributed by atoms with Crippen molar-refractivity contribution in [1.82, 2.24) is 5.32 Å². The summed E-state index contributed by atoms with van der Waals surface area (Å²) in [5.74, 6) is -0.480. The maximum atomic E-state index is 12.9. The van der Waals surface area contributed by atoms with E-state index in [1.807, 2.05) is 6.92 Å². The molecule has 1 aromatic carbocycles. The Balaban J connectivity index is 2.53. The molecule has 0 bridgehead atoms. The Hall–Kier alpha value is -1.33. The van der Waals surface area contributed by atoms with E-state index in [0.717, 1.165) is 6.07 Å². The van der Waals surface area contributed by atoms with E-state index in [0.29, 0.717) is 12.8 Å². The van der Waals surface area contributed by atoms with Gasteiger partial charge in [-0.15, -0.1) is 0 Å². The number of carbonyl (C=O) groups is 1. The highest BCUT2D eigenvalue weighted by atomic mass is 35.5. The van der Waals surface area contributed by atoms with Crippen LogP contribution in [0.1, 0.15) is 26.7 Å². The van der Waals surface area contributed by atoms with Gasteiger partial charge >= 0.3 is 0 Å². The SMILES string of the molecule is CC(CCCO)NC(=O)C(C)Oc1ccc(F)cc1Cl. The number of hydrogen-bond donors (Lipinski definition) is 2. The highest BCUT2D eigenvalue weighted by Crippen LogP contribution is 2.25. The second-order valence-corrected chi connectivity index (χ2v) is 5.02. The number of aliphatic hydroxyl groups is 1. The molecule has 0 aliphatic carbocycles. The number of rotatable bonds is 7. The van der Waals surface area contributed by atoms with E-state index in [-0.39, 0.29) is 29.3 Å². The minimum Gasteiger partial charge on any atom is -0.479 e. The van der Waals surface area contributed by atoms with Gasteiger partial charge in [-0.05, 0) is 44.9 Å². The molecule has 6 heteroatoms. The summed E-state index contributed by atoms with van der Waals surface area (Å²) < 4.78 is 18.3. The minimum atomic E-state index is -0.741. The number of ether oxygens (including phenoxy) is 1. The van der Waals surface area contributed by atoms with E-state index in [9.17, 15) is 9.18 Å². The molecule has 1 aromatic rings. The standard InChI is InChI=1S/C14H19ClFNO3/c1-9(4-3-7-18)17-14(19)10(2)20-13-6-5-11(16)8-12(13)15/h5-6,8-10,18H,3-4,7H2,1-2H3,(H,17,19). The van der Waals surface area contributed by atoms with Gasteiger partial charge in [0.05, 0.1) is 5.02 Å². The Morgan fingerprint density at radius 3 is 2.80 bits per heavy atom. The van der Waals surface area contributed by atoms with Crippen LogP contribution in [0, 0.1) is 5.82 Å². The van der Waals surface area contributed by atoms with Gasteiger partial charge in [0.2, 0.25) is 0 Å². The Morgan fingerprint density at radius 2 is 2.20 bits per heavy atom. The zero-order chi connectivity index (χ0) is 15.1. The maximum absolute atomic E-state index is 12.9. The third-order valence-corrected chi connectivity index (χ3v) is 3.05. The smallest absolute Gasteiger partial charge is 0.260 e. The second-order valence-electron chi connectivity index (χ2n) is 4.61. The van der Waals surface area contributed by atoms with E-state index in [1.165, 1.54) is 12.1 Å². The van der Waals surface area contributed by atoms with Crippen LogP contribution in [0.4, 0.5) is 4.39 Å². The first-order chi connectivity index (χ1) is 9.43. The lowest BCUT2D eigenvalue weighted by atomic mass is 10.2. The highest BCUT2D eigenvalue weighted by Gasteiger charge is 2.18. The van der Waals surface area contributed by atoms with Gasteiger partial charge in [-0.2, -0.15) is 0 Å². The van der Waals surface area contributed by atoms with E-state index >= 15 is 0 Å². The quantitative estimate of drug-likeness (QED) is 0.814. The van der Waals surface area contributed by atoms with E-state index < -0.39 is 11.9 Å². The zero-order valence-corrected chi connectivity index (χ0v) is 12.3. The molecule has 2 N–H and O–H groups in total. The molecule has 0 saturated heterocycles. The molecule has 2 unspecified atom stereocenters. The van der Waals surface area contributed by atoms with Crippen molar-refractivity contribution in [3.8, 4) is 5.75 Å². The van der Waals surface area contributed by atoms with Gasteiger partial charge in [-0.1, -0.05) is 11.6 Å². The first-order valence-electron chi connectivity index (χ1n) is 6.47. The van der Waals surface area contributed by atoms with Crippen LogP contribution < -0.4 is 10.1 Å². The maximum Gasteiger partial charge on any atom is 0.260 e. The molecule has 0 saturated carbocycles. The van der Waals surface area contributed by atoms with Gasteiger partial charge < -0.3 is 15.2 Å². The molecule has 0 aliphatic heterocycles. The van der Waals surface area contributed by atoms with Gasteiger partial charge in [-0.3, -0.25) is 4.79 Å². The monoisotopic (exact) mass is 303 g/mol. The fraction of sp³-hybridized carbons (Fsp3) is 0.500. The Bertz CT molecular complexity index is 456. The minimum absolute atomic E-state index is 0.0515. The Kier molecular flexibility index (Phi) is 6.75. The van der Waals surface area contributed by atoms with E-state index in [2.05, 4.69) is 5.32 Å². The summed E-state index contributed by atoms with van der Waals surface area (Å²) in [7, 11) is 0. The van der Waals surface area contributed by atoms with Crippen LogP contribution in [0.5, 0.6) is 5.75 Å². The van der Waals surface area contributed by atoms with Crippen LogP contribution in [0.15, 0.2) is 18.2 Å². The topological polar surface area (TPSA) is 58.6 Å².